The first-order chi connectivity index (χ1) is 18.6. The average molecular weight is 577 g/mol. The molecule has 1 aromatic carbocycles. The molecule has 2 aliphatic rings. The number of esters is 1. The number of nitrogens with one attached hydrogen (secondary N) is 1. The predicted molar refractivity (Wildman–Crippen MR) is 141 cm³/mol. The molecule has 4 N–H and O–H groups in total. The van der Waals surface area contributed by atoms with Gasteiger partial charge in [0.2, 0.25) is 0 Å². The van der Waals surface area contributed by atoms with Gasteiger partial charge in [-0.05, 0) is 23.6 Å². The van der Waals surface area contributed by atoms with Crippen molar-refractivity contribution >= 4 is 57.4 Å². The number of nitrogens with zero attached hydrogens (tertiary/aromatic N) is 4. The van der Waals surface area contributed by atoms with E-state index in [-0.39, 0.29) is 58.6 Å². The van der Waals surface area contributed by atoms with Gasteiger partial charge >= 0.3 is 5.97 Å². The quantitative estimate of drug-likeness (QED) is 0.123. The van der Waals surface area contributed by atoms with Crippen LogP contribution in [-0.4, -0.2) is 67.2 Å². The molecule has 0 saturated carbocycles. The summed E-state index contributed by atoms with van der Waals surface area (Å²) in [5.74, 6) is -2.48. The third-order valence-corrected chi connectivity index (χ3v) is 7.43. The van der Waals surface area contributed by atoms with E-state index in [1.54, 1.807) is 0 Å². The Kier molecular flexibility index (Phi) is 8.35. The molecule has 0 bridgehead atoms. The summed E-state index contributed by atoms with van der Waals surface area (Å²) in [6.45, 7) is 3.84. The van der Waals surface area contributed by atoms with E-state index in [4.69, 9.17) is 15.3 Å². The van der Waals surface area contributed by atoms with Crippen molar-refractivity contribution in [2.45, 2.75) is 31.9 Å². The number of ether oxygens (including phenoxy) is 1. The highest BCUT2D eigenvalue weighted by atomic mass is 32.2. The number of anilines is 1. The molecule has 4 rings (SSSR count). The van der Waals surface area contributed by atoms with Gasteiger partial charge in [-0.25, -0.2) is 9.78 Å². The van der Waals surface area contributed by atoms with Gasteiger partial charge in [0, 0.05) is 17.5 Å². The summed E-state index contributed by atoms with van der Waals surface area (Å²) in [4.78, 5) is 59.5. The lowest BCUT2D eigenvalue weighted by molar-refractivity contribution is -0.384. The Morgan fingerprint density at radius 3 is 2.69 bits per heavy atom. The molecule has 2 aromatic rings. The standard InChI is InChI=1S/C23H24N6O8S2/c1-11(2)7-37-27-16(14-9-39-23(24)25-14)19(31)26-17-20(32)28-18(15(30)10-38-21(17)28)22(33)36-8-12-3-5-13(6-4-12)29(34)35/h3-6,9,11,17,21,30H,7-8,10H2,1-2H3,(H2,24,25)(H,26,31)/b27-16+. The second-order valence-corrected chi connectivity index (χ2v) is 10.9. The Morgan fingerprint density at radius 2 is 2.08 bits per heavy atom. The first-order valence-electron chi connectivity index (χ1n) is 11.6. The number of amides is 2. The van der Waals surface area contributed by atoms with Gasteiger partial charge in [-0.2, -0.15) is 0 Å². The van der Waals surface area contributed by atoms with Gasteiger partial charge < -0.3 is 25.7 Å². The summed E-state index contributed by atoms with van der Waals surface area (Å²) in [7, 11) is 0. The largest absolute Gasteiger partial charge is 0.509 e. The van der Waals surface area contributed by atoms with Crippen LogP contribution in [0.2, 0.25) is 0 Å². The summed E-state index contributed by atoms with van der Waals surface area (Å²) >= 11 is 2.27. The predicted octanol–water partition coefficient (Wildman–Crippen LogP) is 1.92. The molecule has 1 saturated heterocycles. The fourth-order valence-corrected chi connectivity index (χ4v) is 5.33. The third-order valence-electron chi connectivity index (χ3n) is 5.49. The van der Waals surface area contributed by atoms with Crippen LogP contribution in [0.25, 0.3) is 0 Å². The van der Waals surface area contributed by atoms with Gasteiger partial charge in [-0.1, -0.05) is 19.0 Å². The topological polar surface area (TPSA) is 200 Å². The normalized spacial score (nSPS) is 18.9. The van der Waals surface area contributed by atoms with E-state index in [0.717, 1.165) is 28.0 Å². The summed E-state index contributed by atoms with van der Waals surface area (Å²) in [6.07, 6.45) is 0. The summed E-state index contributed by atoms with van der Waals surface area (Å²) < 4.78 is 5.25. The lowest BCUT2D eigenvalue weighted by Gasteiger charge is -2.48. The van der Waals surface area contributed by atoms with Gasteiger partial charge in [0.1, 0.15) is 36.1 Å². The lowest BCUT2D eigenvalue weighted by Crippen LogP contribution is -2.71. The maximum atomic E-state index is 13.1. The van der Waals surface area contributed by atoms with Crippen molar-refractivity contribution in [1.82, 2.24) is 15.2 Å². The van der Waals surface area contributed by atoms with E-state index < -0.39 is 34.1 Å². The molecule has 3 heterocycles. The molecule has 2 amide bonds. The molecule has 0 radical (unpaired) electrons. The SMILES string of the molecule is CC(C)CO/N=C(/C(=O)NC1C(=O)N2C(C(=O)OCc3ccc([N+](=O)[O-])cc3)=C(O)CSC12)c1csc(N)n1. The number of rotatable bonds is 10. The van der Waals surface area contributed by atoms with E-state index in [2.05, 4.69) is 15.5 Å². The highest BCUT2D eigenvalue weighted by Gasteiger charge is 2.55. The molecule has 2 aliphatic heterocycles. The van der Waals surface area contributed by atoms with Crippen LogP contribution >= 0.6 is 23.1 Å². The number of nitro benzene ring substituents is 1. The summed E-state index contributed by atoms with van der Waals surface area (Å²) in [6, 6.07) is 4.38. The minimum Gasteiger partial charge on any atom is -0.509 e. The minimum atomic E-state index is -1.01. The fraction of sp³-hybridized carbons (Fsp3) is 0.348. The molecule has 1 fully saturated rings. The monoisotopic (exact) mass is 576 g/mol. The van der Waals surface area contributed by atoms with Crippen molar-refractivity contribution in [2.75, 3.05) is 18.1 Å². The number of hydrogen-bond acceptors (Lipinski definition) is 13. The summed E-state index contributed by atoms with van der Waals surface area (Å²) in [5, 5.41) is 28.8. The first-order valence-corrected chi connectivity index (χ1v) is 13.5. The van der Waals surface area contributed by atoms with Gasteiger partial charge in [-0.15, -0.1) is 23.1 Å². The number of thioether (sulfide) groups is 1. The number of nitrogen functional groups attached to an aromatic ring is 1. The number of carbonyl (C=O) groups excluding carboxylic acids is 3. The number of oxime groups is 1. The van der Waals surface area contributed by atoms with E-state index >= 15 is 0 Å². The number of aliphatic hydroxyl groups is 1. The highest BCUT2D eigenvalue weighted by molar-refractivity contribution is 8.00. The molecular formula is C23H24N6O8S2. The smallest absolute Gasteiger partial charge is 0.358 e. The number of carbonyl (C=O) groups is 3. The number of nitro groups is 1. The average Bonchev–Trinajstić information content (AvgIpc) is 3.33. The van der Waals surface area contributed by atoms with Gasteiger partial charge in [0.15, 0.2) is 16.5 Å². The van der Waals surface area contributed by atoms with Crippen LogP contribution in [0, 0.1) is 16.0 Å². The van der Waals surface area contributed by atoms with Gasteiger partial charge in [0.25, 0.3) is 17.5 Å². The third kappa shape index (κ3) is 6.12. The molecular weight excluding hydrogens is 552 g/mol. The molecule has 16 heteroatoms. The number of fused-ring (bicyclic) bond motifs is 1. The molecule has 0 spiro atoms. The molecule has 2 unspecified atom stereocenters. The van der Waals surface area contributed by atoms with Crippen LogP contribution < -0.4 is 11.1 Å². The lowest BCUT2D eigenvalue weighted by atomic mass is 10.0. The number of hydrogen-bond donors (Lipinski definition) is 3. The number of non-ortho nitro benzene ring substituents is 1. The maximum absolute atomic E-state index is 13.1. The van der Waals surface area contributed by atoms with Crippen LogP contribution in [0.3, 0.4) is 0 Å². The number of thiazole rings is 1. The highest BCUT2D eigenvalue weighted by Crippen LogP contribution is 2.40. The molecule has 39 heavy (non-hydrogen) atoms. The molecule has 14 nitrogen and oxygen atoms in total. The van der Waals surface area contributed by atoms with Crippen molar-refractivity contribution in [3.63, 3.8) is 0 Å². The van der Waals surface area contributed by atoms with Crippen LogP contribution in [0.1, 0.15) is 25.1 Å². The minimum absolute atomic E-state index is 0.00382. The molecule has 206 valence electrons. The zero-order valence-corrected chi connectivity index (χ0v) is 22.4. The van der Waals surface area contributed by atoms with E-state index in [9.17, 15) is 29.6 Å². The molecule has 2 atom stereocenters. The zero-order chi connectivity index (χ0) is 28.3. The fourth-order valence-electron chi connectivity index (χ4n) is 3.59. The number of aromatic nitrogens is 1. The van der Waals surface area contributed by atoms with E-state index in [1.165, 1.54) is 29.6 Å². The van der Waals surface area contributed by atoms with Gasteiger partial charge in [0.05, 0.1) is 10.7 Å². The van der Waals surface area contributed by atoms with E-state index in [0.29, 0.717) is 5.56 Å². The van der Waals surface area contributed by atoms with Crippen molar-refractivity contribution in [3.05, 3.63) is 62.5 Å². The Labute approximate surface area is 230 Å². The Hall–Kier alpha value is -4.18. The van der Waals surface area contributed by atoms with Crippen molar-refractivity contribution in [3.8, 4) is 0 Å². The van der Waals surface area contributed by atoms with Crippen molar-refractivity contribution in [1.29, 1.82) is 0 Å². The van der Waals surface area contributed by atoms with Crippen molar-refractivity contribution < 1.29 is 34.0 Å². The second kappa shape index (κ2) is 11.7. The van der Waals surface area contributed by atoms with Crippen LogP contribution in [0.5, 0.6) is 0 Å². The van der Waals surface area contributed by atoms with E-state index in [1.807, 2.05) is 13.8 Å². The Morgan fingerprint density at radius 1 is 1.36 bits per heavy atom. The van der Waals surface area contributed by atoms with Crippen molar-refractivity contribution in [2.24, 2.45) is 11.1 Å². The number of aliphatic hydroxyl groups excluding tert-OH is 1. The number of β-lactam (4-membered cyclic amide) rings is 1. The second-order valence-electron chi connectivity index (χ2n) is 8.86. The Balaban J connectivity index is 1.43. The summed E-state index contributed by atoms with van der Waals surface area (Å²) in [5.41, 5.74) is 5.76. The number of benzene rings is 1. The first kappa shape index (κ1) is 27.8. The molecule has 1 aromatic heterocycles. The zero-order valence-electron chi connectivity index (χ0n) is 20.7. The number of nitrogens with two attached hydrogens (primary N) is 1. The van der Waals surface area contributed by atoms with Crippen LogP contribution in [0.4, 0.5) is 10.8 Å². The van der Waals surface area contributed by atoms with Crippen LogP contribution in [0.15, 0.2) is 46.3 Å². The van der Waals surface area contributed by atoms with Gasteiger partial charge in [-0.3, -0.25) is 24.6 Å². The Bertz CT molecular complexity index is 1360. The molecule has 0 aliphatic carbocycles. The maximum Gasteiger partial charge on any atom is 0.358 e. The van der Waals surface area contributed by atoms with Crippen LogP contribution in [-0.2, 0) is 30.6 Å².